The van der Waals surface area contributed by atoms with E-state index in [4.69, 9.17) is 8.83 Å². The monoisotopic (exact) mass is 386 g/mol. The van der Waals surface area contributed by atoms with Gasteiger partial charge in [0.25, 0.3) is 22.2 Å². The zero-order valence-electron chi connectivity index (χ0n) is 12.9. The molecule has 0 unspecified atom stereocenters. The van der Waals surface area contributed by atoms with Crippen LogP contribution in [0.2, 0.25) is 0 Å². The summed E-state index contributed by atoms with van der Waals surface area (Å²) in [6.45, 7) is 0. The highest BCUT2D eigenvalue weighted by Crippen LogP contribution is 2.39. The fourth-order valence-electron chi connectivity index (χ4n) is 2.08. The molecular formula is C16H10N4O4S2. The van der Waals surface area contributed by atoms with Crippen LogP contribution in [0.15, 0.2) is 67.8 Å². The van der Waals surface area contributed by atoms with Gasteiger partial charge in [0.2, 0.25) is 0 Å². The molecule has 2 aromatic carbocycles. The van der Waals surface area contributed by atoms with Crippen LogP contribution >= 0.6 is 21.6 Å². The van der Waals surface area contributed by atoms with Gasteiger partial charge in [-0.3, -0.25) is 0 Å². The highest BCUT2D eigenvalue weighted by atomic mass is 33.1. The van der Waals surface area contributed by atoms with Crippen molar-refractivity contribution in [1.82, 2.24) is 20.4 Å². The summed E-state index contributed by atoms with van der Waals surface area (Å²) in [6.07, 6.45) is 0. The summed E-state index contributed by atoms with van der Waals surface area (Å²) in [6, 6.07) is 13.4. The number of hydrogen-bond acceptors (Lipinski definition) is 10. The second-order valence-corrected chi connectivity index (χ2v) is 6.98. The maximum Gasteiger partial charge on any atom is 0.288 e. The number of benzene rings is 2. The summed E-state index contributed by atoms with van der Waals surface area (Å²) in [5.74, 6) is 0.549. The zero-order valence-corrected chi connectivity index (χ0v) is 14.6. The van der Waals surface area contributed by atoms with Crippen LogP contribution in [0.25, 0.3) is 22.9 Å². The van der Waals surface area contributed by atoms with Crippen LogP contribution in [0.1, 0.15) is 0 Å². The normalized spacial score (nSPS) is 10.9. The maximum atomic E-state index is 9.82. The minimum absolute atomic E-state index is 0.0598. The highest BCUT2D eigenvalue weighted by Gasteiger charge is 2.16. The molecule has 2 aromatic heterocycles. The molecule has 0 aliphatic heterocycles. The van der Waals surface area contributed by atoms with E-state index in [1.165, 1.54) is 0 Å². The van der Waals surface area contributed by atoms with Crippen LogP contribution in [0.4, 0.5) is 0 Å². The second-order valence-electron chi connectivity index (χ2n) is 4.95. The number of rotatable bonds is 5. The van der Waals surface area contributed by atoms with E-state index in [0.29, 0.717) is 11.1 Å². The number of phenols is 2. The fourth-order valence-corrected chi connectivity index (χ4v) is 3.43. The molecule has 0 saturated heterocycles. The van der Waals surface area contributed by atoms with Gasteiger partial charge in [-0.1, -0.05) is 34.5 Å². The van der Waals surface area contributed by atoms with Crippen molar-refractivity contribution >= 4 is 21.6 Å². The molecule has 0 spiro atoms. The first-order valence-electron chi connectivity index (χ1n) is 7.29. The van der Waals surface area contributed by atoms with Gasteiger partial charge < -0.3 is 19.0 Å². The lowest BCUT2D eigenvalue weighted by Crippen LogP contribution is -1.78. The van der Waals surface area contributed by atoms with E-state index in [9.17, 15) is 10.2 Å². The summed E-state index contributed by atoms with van der Waals surface area (Å²) in [7, 11) is 2.29. The van der Waals surface area contributed by atoms with Crippen molar-refractivity contribution in [1.29, 1.82) is 0 Å². The minimum Gasteiger partial charge on any atom is -0.507 e. The molecule has 130 valence electrons. The highest BCUT2D eigenvalue weighted by molar-refractivity contribution is 8.76. The van der Waals surface area contributed by atoms with Gasteiger partial charge in [-0.15, -0.1) is 10.2 Å². The summed E-state index contributed by atoms with van der Waals surface area (Å²) in [4.78, 5) is 0. The molecule has 8 nitrogen and oxygen atoms in total. The van der Waals surface area contributed by atoms with E-state index in [1.54, 1.807) is 48.5 Å². The first-order valence-corrected chi connectivity index (χ1v) is 9.44. The van der Waals surface area contributed by atoms with E-state index in [2.05, 4.69) is 20.4 Å². The summed E-state index contributed by atoms with van der Waals surface area (Å²) >= 11 is 0. The molecule has 0 aliphatic rings. The molecule has 0 saturated carbocycles. The van der Waals surface area contributed by atoms with Crippen LogP contribution < -0.4 is 0 Å². The Bertz CT molecular complexity index is 966. The first-order chi connectivity index (χ1) is 12.7. The van der Waals surface area contributed by atoms with E-state index in [1.807, 2.05) is 0 Å². The number of aromatic hydroxyl groups is 2. The van der Waals surface area contributed by atoms with Crippen LogP contribution in [0.5, 0.6) is 11.5 Å². The Kier molecular flexibility index (Phi) is 4.50. The lowest BCUT2D eigenvalue weighted by Gasteiger charge is -1.97. The number of aromatic nitrogens is 4. The molecule has 0 atom stereocenters. The average molecular weight is 386 g/mol. The molecule has 2 N–H and O–H groups in total. The molecule has 0 radical (unpaired) electrons. The summed E-state index contributed by atoms with van der Waals surface area (Å²) in [5.41, 5.74) is 0.910. The van der Waals surface area contributed by atoms with Crippen molar-refractivity contribution in [3.05, 3.63) is 48.5 Å². The van der Waals surface area contributed by atoms with Crippen LogP contribution in [0.3, 0.4) is 0 Å². The molecule has 2 heterocycles. The number of para-hydroxylation sites is 2. The quantitative estimate of drug-likeness (QED) is 0.487. The Hall–Kier alpha value is -2.98. The minimum atomic E-state index is 0.0598. The molecule has 0 fully saturated rings. The van der Waals surface area contributed by atoms with Gasteiger partial charge in [0.15, 0.2) is 0 Å². The largest absolute Gasteiger partial charge is 0.507 e. The molecule has 0 bridgehead atoms. The van der Waals surface area contributed by atoms with Gasteiger partial charge in [0, 0.05) is 21.6 Å². The second kappa shape index (κ2) is 7.10. The predicted octanol–water partition coefficient (Wildman–Crippen LogP) is 4.00. The van der Waals surface area contributed by atoms with E-state index < -0.39 is 0 Å². The molecule has 0 aliphatic carbocycles. The Morgan fingerprint density at radius 2 is 1.04 bits per heavy atom. The van der Waals surface area contributed by atoms with Crippen LogP contribution in [-0.2, 0) is 0 Å². The lowest BCUT2D eigenvalue weighted by atomic mass is 10.2. The Labute approximate surface area is 154 Å². The number of hydrogen-bond donors (Lipinski definition) is 2. The third kappa shape index (κ3) is 3.37. The van der Waals surface area contributed by atoms with Gasteiger partial charge in [-0.05, 0) is 24.3 Å². The van der Waals surface area contributed by atoms with Crippen molar-refractivity contribution in [2.75, 3.05) is 0 Å². The first kappa shape index (κ1) is 16.5. The van der Waals surface area contributed by atoms with Crippen molar-refractivity contribution in [2.24, 2.45) is 0 Å². The third-order valence-electron chi connectivity index (χ3n) is 3.27. The molecular weight excluding hydrogens is 376 g/mol. The smallest absolute Gasteiger partial charge is 0.288 e. The standard InChI is InChI=1S/C16H10N4O4S2/c21-11-7-3-1-5-9(11)13-17-19-15(23-13)25-26-16-20-18-14(24-16)10-6-2-4-8-12(10)22/h1-8,21-22H. The van der Waals surface area contributed by atoms with E-state index in [0.717, 1.165) is 21.6 Å². The van der Waals surface area contributed by atoms with Gasteiger partial charge in [-0.25, -0.2) is 0 Å². The number of phenolic OH excluding ortho intramolecular Hbond substituents is 2. The predicted molar refractivity (Wildman–Crippen MR) is 94.5 cm³/mol. The third-order valence-corrected chi connectivity index (χ3v) is 5.07. The summed E-state index contributed by atoms with van der Waals surface area (Å²) in [5, 5.41) is 35.8. The van der Waals surface area contributed by atoms with Gasteiger partial charge >= 0.3 is 0 Å². The average Bonchev–Trinajstić information content (AvgIpc) is 3.30. The molecule has 4 rings (SSSR count). The molecule has 0 amide bonds. The zero-order chi connectivity index (χ0) is 17.9. The van der Waals surface area contributed by atoms with Crippen molar-refractivity contribution in [2.45, 2.75) is 10.4 Å². The van der Waals surface area contributed by atoms with E-state index in [-0.39, 0.29) is 33.7 Å². The van der Waals surface area contributed by atoms with Crippen LogP contribution in [-0.4, -0.2) is 30.6 Å². The van der Waals surface area contributed by atoms with Crippen molar-refractivity contribution < 1.29 is 19.0 Å². The fraction of sp³-hybridized carbons (Fsp3) is 0. The van der Waals surface area contributed by atoms with Gasteiger partial charge in [0.1, 0.15) is 11.5 Å². The van der Waals surface area contributed by atoms with Gasteiger partial charge in [0.05, 0.1) is 11.1 Å². The topological polar surface area (TPSA) is 118 Å². The van der Waals surface area contributed by atoms with Crippen LogP contribution in [0, 0.1) is 0 Å². The van der Waals surface area contributed by atoms with Gasteiger partial charge in [-0.2, -0.15) is 0 Å². The molecule has 26 heavy (non-hydrogen) atoms. The lowest BCUT2D eigenvalue weighted by molar-refractivity contribution is 0.451. The summed E-state index contributed by atoms with van der Waals surface area (Å²) < 4.78 is 11.0. The molecule has 10 heteroatoms. The van der Waals surface area contributed by atoms with Crippen molar-refractivity contribution in [3.63, 3.8) is 0 Å². The van der Waals surface area contributed by atoms with E-state index >= 15 is 0 Å². The Balaban J connectivity index is 1.46. The Morgan fingerprint density at radius 1 is 0.615 bits per heavy atom. The Morgan fingerprint density at radius 3 is 1.46 bits per heavy atom. The number of nitrogens with zero attached hydrogens (tertiary/aromatic N) is 4. The van der Waals surface area contributed by atoms with Crippen molar-refractivity contribution in [3.8, 4) is 34.4 Å². The SMILES string of the molecule is Oc1ccccc1-c1nnc(SSc2nnc(-c3ccccc3O)o2)o1. The maximum absolute atomic E-state index is 9.82. The molecule has 4 aromatic rings.